The molecule has 2 rings (SSSR count). The quantitative estimate of drug-likeness (QED) is 0.826. The highest BCUT2D eigenvalue weighted by Crippen LogP contribution is 2.20. The molecule has 1 heterocycles. The third-order valence-electron chi connectivity index (χ3n) is 3.82. The monoisotopic (exact) mass is 247 g/mol. The number of amides is 1. The zero-order valence-corrected chi connectivity index (χ0v) is 11.3. The van der Waals surface area contributed by atoms with Crippen LogP contribution in [0.4, 0.5) is 0 Å². The van der Waals surface area contributed by atoms with Crippen molar-refractivity contribution in [2.75, 3.05) is 13.1 Å². The van der Waals surface area contributed by atoms with Crippen molar-refractivity contribution in [2.45, 2.75) is 33.3 Å². The van der Waals surface area contributed by atoms with Gasteiger partial charge < -0.3 is 10.0 Å². The van der Waals surface area contributed by atoms with Crippen LogP contribution in [0, 0.1) is 19.8 Å². The van der Waals surface area contributed by atoms with Gasteiger partial charge in [0.25, 0.3) is 5.91 Å². The Balaban J connectivity index is 2.16. The van der Waals surface area contributed by atoms with Crippen LogP contribution in [-0.4, -0.2) is 35.1 Å². The fraction of sp³-hybridized carbons (Fsp3) is 0.533. The van der Waals surface area contributed by atoms with Crippen molar-refractivity contribution < 1.29 is 9.90 Å². The lowest BCUT2D eigenvalue weighted by Crippen LogP contribution is -2.46. The largest absolute Gasteiger partial charge is 0.391 e. The fourth-order valence-corrected chi connectivity index (χ4v) is 2.46. The molecule has 0 saturated carbocycles. The van der Waals surface area contributed by atoms with Crippen LogP contribution < -0.4 is 0 Å². The lowest BCUT2D eigenvalue weighted by molar-refractivity contribution is 0.0248. The number of hydrogen-bond acceptors (Lipinski definition) is 2. The van der Waals surface area contributed by atoms with Crippen molar-refractivity contribution >= 4 is 5.91 Å². The van der Waals surface area contributed by atoms with Gasteiger partial charge in [-0.1, -0.05) is 24.6 Å². The van der Waals surface area contributed by atoms with E-state index in [1.54, 1.807) is 4.90 Å². The Morgan fingerprint density at radius 3 is 2.72 bits per heavy atom. The molecule has 0 aliphatic carbocycles. The molecular formula is C15H21NO2. The van der Waals surface area contributed by atoms with Crippen molar-refractivity contribution in [3.8, 4) is 0 Å². The molecule has 1 aromatic carbocycles. The maximum Gasteiger partial charge on any atom is 0.254 e. The van der Waals surface area contributed by atoms with Gasteiger partial charge in [-0.05, 0) is 37.8 Å². The summed E-state index contributed by atoms with van der Waals surface area (Å²) in [6.07, 6.45) is 0.478. The third-order valence-corrected chi connectivity index (χ3v) is 3.82. The summed E-state index contributed by atoms with van der Waals surface area (Å²) in [5, 5.41) is 9.86. The van der Waals surface area contributed by atoms with Crippen LogP contribution in [-0.2, 0) is 0 Å². The van der Waals surface area contributed by atoms with Gasteiger partial charge in [0, 0.05) is 18.7 Å². The molecule has 1 amide bonds. The molecule has 0 radical (unpaired) electrons. The Bertz CT molecular complexity index is 456. The lowest BCUT2D eigenvalue weighted by Gasteiger charge is -2.34. The molecule has 1 fully saturated rings. The fourth-order valence-electron chi connectivity index (χ4n) is 2.46. The van der Waals surface area contributed by atoms with E-state index in [0.29, 0.717) is 6.54 Å². The second kappa shape index (κ2) is 5.11. The summed E-state index contributed by atoms with van der Waals surface area (Å²) in [5.74, 6) is 0.326. The van der Waals surface area contributed by atoms with Crippen LogP contribution in [0.5, 0.6) is 0 Å². The number of piperidine rings is 1. The van der Waals surface area contributed by atoms with E-state index in [4.69, 9.17) is 0 Å². The molecule has 0 spiro atoms. The minimum absolute atomic E-state index is 0.0402. The molecule has 2 atom stereocenters. The highest BCUT2D eigenvalue weighted by atomic mass is 16.3. The third kappa shape index (κ3) is 2.56. The number of aliphatic hydroxyl groups is 1. The van der Waals surface area contributed by atoms with Crippen molar-refractivity contribution in [2.24, 2.45) is 5.92 Å². The molecule has 0 aromatic heterocycles. The zero-order valence-electron chi connectivity index (χ0n) is 11.3. The smallest absolute Gasteiger partial charge is 0.254 e. The normalized spacial score (nSPS) is 24.1. The molecule has 3 nitrogen and oxygen atoms in total. The standard InChI is InChI=1S/C15H21NO2/c1-10-4-5-13(12(3)8-10)15(18)16-7-6-11(2)14(17)9-16/h4-5,8,11,14,17H,6-7,9H2,1-3H3. The zero-order chi connectivity index (χ0) is 13.3. The van der Waals surface area contributed by atoms with E-state index in [-0.39, 0.29) is 11.8 Å². The molecule has 1 aliphatic heterocycles. The van der Waals surface area contributed by atoms with Gasteiger partial charge in [0.2, 0.25) is 0 Å². The number of benzene rings is 1. The molecule has 1 aromatic rings. The molecule has 1 saturated heterocycles. The SMILES string of the molecule is Cc1ccc(C(=O)N2CCC(C)C(O)C2)c(C)c1. The lowest BCUT2D eigenvalue weighted by atomic mass is 9.95. The molecule has 1 aliphatic rings. The van der Waals surface area contributed by atoms with Gasteiger partial charge in [0.1, 0.15) is 0 Å². The van der Waals surface area contributed by atoms with Gasteiger partial charge in [0.15, 0.2) is 0 Å². The summed E-state index contributed by atoms with van der Waals surface area (Å²) >= 11 is 0. The van der Waals surface area contributed by atoms with Gasteiger partial charge in [-0.15, -0.1) is 0 Å². The first kappa shape index (κ1) is 13.1. The number of likely N-dealkylation sites (tertiary alicyclic amines) is 1. The van der Waals surface area contributed by atoms with Gasteiger partial charge in [-0.2, -0.15) is 0 Å². The molecular weight excluding hydrogens is 226 g/mol. The first-order valence-corrected chi connectivity index (χ1v) is 6.53. The van der Waals surface area contributed by atoms with Crippen LogP contribution in [0.1, 0.15) is 34.8 Å². The number of hydrogen-bond donors (Lipinski definition) is 1. The van der Waals surface area contributed by atoms with Gasteiger partial charge in [-0.3, -0.25) is 4.79 Å². The predicted molar refractivity (Wildman–Crippen MR) is 71.6 cm³/mol. The van der Waals surface area contributed by atoms with E-state index in [1.807, 2.05) is 39.0 Å². The summed E-state index contributed by atoms with van der Waals surface area (Å²) in [6, 6.07) is 5.87. The van der Waals surface area contributed by atoms with E-state index in [2.05, 4.69) is 0 Å². The Labute approximate surface area is 108 Å². The van der Waals surface area contributed by atoms with Crippen LogP contribution >= 0.6 is 0 Å². The Morgan fingerprint density at radius 2 is 2.11 bits per heavy atom. The second-order valence-corrected chi connectivity index (χ2v) is 5.40. The Morgan fingerprint density at radius 1 is 1.39 bits per heavy atom. The first-order valence-electron chi connectivity index (χ1n) is 6.53. The van der Waals surface area contributed by atoms with Gasteiger partial charge >= 0.3 is 0 Å². The maximum atomic E-state index is 12.4. The van der Waals surface area contributed by atoms with E-state index < -0.39 is 6.10 Å². The number of rotatable bonds is 1. The summed E-state index contributed by atoms with van der Waals surface area (Å²) in [6.45, 7) is 7.21. The molecule has 98 valence electrons. The number of β-amino-alcohol motifs (C(OH)–C–C–N with tert-alkyl or cyclic N) is 1. The summed E-state index contributed by atoms with van der Waals surface area (Å²) < 4.78 is 0. The Hall–Kier alpha value is -1.35. The minimum Gasteiger partial charge on any atom is -0.391 e. The Kier molecular flexibility index (Phi) is 3.71. The highest BCUT2D eigenvalue weighted by molar-refractivity contribution is 5.95. The molecule has 18 heavy (non-hydrogen) atoms. The summed E-state index contributed by atoms with van der Waals surface area (Å²) in [5.41, 5.74) is 2.92. The topological polar surface area (TPSA) is 40.5 Å². The number of carbonyl (C=O) groups is 1. The van der Waals surface area contributed by atoms with E-state index in [0.717, 1.165) is 29.7 Å². The van der Waals surface area contributed by atoms with Crippen molar-refractivity contribution in [3.63, 3.8) is 0 Å². The summed E-state index contributed by atoms with van der Waals surface area (Å²) in [4.78, 5) is 14.2. The van der Waals surface area contributed by atoms with Crippen LogP contribution in [0.3, 0.4) is 0 Å². The van der Waals surface area contributed by atoms with E-state index in [1.165, 1.54) is 0 Å². The number of aliphatic hydroxyl groups excluding tert-OH is 1. The van der Waals surface area contributed by atoms with Gasteiger partial charge in [-0.25, -0.2) is 0 Å². The average Bonchev–Trinajstić information content (AvgIpc) is 2.32. The predicted octanol–water partition coefficient (Wildman–Crippen LogP) is 2.15. The highest BCUT2D eigenvalue weighted by Gasteiger charge is 2.28. The van der Waals surface area contributed by atoms with Crippen molar-refractivity contribution in [1.82, 2.24) is 4.90 Å². The second-order valence-electron chi connectivity index (χ2n) is 5.40. The van der Waals surface area contributed by atoms with Crippen LogP contribution in [0.2, 0.25) is 0 Å². The van der Waals surface area contributed by atoms with Crippen molar-refractivity contribution in [1.29, 1.82) is 0 Å². The number of carbonyl (C=O) groups excluding carboxylic acids is 1. The molecule has 0 bridgehead atoms. The summed E-state index contributed by atoms with van der Waals surface area (Å²) in [7, 11) is 0. The van der Waals surface area contributed by atoms with Gasteiger partial charge in [0.05, 0.1) is 6.10 Å². The number of nitrogens with zero attached hydrogens (tertiary/aromatic N) is 1. The van der Waals surface area contributed by atoms with Crippen LogP contribution in [0.15, 0.2) is 18.2 Å². The van der Waals surface area contributed by atoms with E-state index >= 15 is 0 Å². The average molecular weight is 247 g/mol. The molecule has 3 heteroatoms. The van der Waals surface area contributed by atoms with Crippen molar-refractivity contribution in [3.05, 3.63) is 34.9 Å². The minimum atomic E-state index is -0.395. The molecule has 1 N–H and O–H groups in total. The van der Waals surface area contributed by atoms with Crippen LogP contribution in [0.25, 0.3) is 0 Å². The number of aryl methyl sites for hydroxylation is 2. The van der Waals surface area contributed by atoms with E-state index in [9.17, 15) is 9.90 Å². The maximum absolute atomic E-state index is 12.4. The first-order chi connectivity index (χ1) is 8.49. The molecule has 2 unspecified atom stereocenters.